The second-order valence-corrected chi connectivity index (χ2v) is 3.97. The van der Waals surface area contributed by atoms with Crippen LogP contribution in [0.1, 0.15) is 0 Å². The molecule has 0 saturated heterocycles. The highest BCUT2D eigenvalue weighted by Crippen LogP contribution is 2.22. The largest absolute Gasteiger partial charge is 0.396 e. The Balaban J connectivity index is 2.52. The van der Waals surface area contributed by atoms with Crippen molar-refractivity contribution in [2.45, 2.75) is 0 Å². The van der Waals surface area contributed by atoms with Gasteiger partial charge < -0.3 is 5.73 Å². The van der Waals surface area contributed by atoms with E-state index in [2.05, 4.69) is 26.0 Å². The van der Waals surface area contributed by atoms with Crippen molar-refractivity contribution in [2.24, 2.45) is 0 Å². The molecule has 4 nitrogen and oxygen atoms in total. The number of nitrogens with zero attached hydrogens (tertiary/aromatic N) is 3. The zero-order chi connectivity index (χ0) is 10.1. The molecular weight excluding hydrogens is 267 g/mol. The lowest BCUT2D eigenvalue weighted by Crippen LogP contribution is -1.98. The average molecular weight is 274 g/mol. The molecule has 14 heavy (non-hydrogen) atoms. The molecule has 0 saturated carbocycles. The van der Waals surface area contributed by atoms with Crippen LogP contribution >= 0.6 is 27.5 Å². The van der Waals surface area contributed by atoms with E-state index in [4.69, 9.17) is 17.3 Å². The molecule has 2 rings (SSSR count). The number of nitrogen functional groups attached to an aromatic ring is 1. The van der Waals surface area contributed by atoms with E-state index >= 15 is 0 Å². The molecule has 0 atom stereocenters. The molecule has 6 heteroatoms. The summed E-state index contributed by atoms with van der Waals surface area (Å²) in [5.41, 5.74) is 6.13. The Bertz CT molecular complexity index is 468. The summed E-state index contributed by atoms with van der Waals surface area (Å²) in [6.07, 6.45) is 4.79. The van der Waals surface area contributed by atoms with Gasteiger partial charge in [-0.2, -0.15) is 5.10 Å². The van der Waals surface area contributed by atoms with Crippen LogP contribution in [0.5, 0.6) is 0 Å². The average Bonchev–Trinajstić information content (AvgIpc) is 2.51. The molecule has 2 aromatic rings. The third-order valence-corrected chi connectivity index (χ3v) is 2.40. The lowest BCUT2D eigenvalue weighted by molar-refractivity contribution is 0.842. The van der Waals surface area contributed by atoms with Crippen LogP contribution in [-0.2, 0) is 0 Å². The summed E-state index contributed by atoms with van der Waals surface area (Å²) in [7, 11) is 0. The molecule has 2 N–H and O–H groups in total. The Morgan fingerprint density at radius 2 is 2.21 bits per heavy atom. The van der Waals surface area contributed by atoms with E-state index in [0.717, 1.165) is 4.47 Å². The van der Waals surface area contributed by atoms with Gasteiger partial charge >= 0.3 is 0 Å². The SMILES string of the molecule is Nc1cnn(-c2ncc(Cl)cc2Br)c1. The second kappa shape index (κ2) is 3.59. The Hall–Kier alpha value is -1.07. The first kappa shape index (κ1) is 9.48. The first-order chi connectivity index (χ1) is 6.66. The maximum Gasteiger partial charge on any atom is 0.167 e. The Labute approximate surface area is 93.8 Å². The van der Waals surface area contributed by atoms with Crippen molar-refractivity contribution in [2.75, 3.05) is 5.73 Å². The summed E-state index contributed by atoms with van der Waals surface area (Å²) in [6.45, 7) is 0. The van der Waals surface area contributed by atoms with Crippen LogP contribution in [0.4, 0.5) is 5.69 Å². The quantitative estimate of drug-likeness (QED) is 0.867. The summed E-state index contributed by atoms with van der Waals surface area (Å²) < 4.78 is 2.35. The van der Waals surface area contributed by atoms with Gasteiger partial charge in [-0.15, -0.1) is 0 Å². The van der Waals surface area contributed by atoms with Gasteiger partial charge in [0.05, 0.1) is 27.6 Å². The number of hydrogen-bond donors (Lipinski definition) is 1. The third-order valence-electron chi connectivity index (χ3n) is 1.61. The molecule has 0 aliphatic rings. The van der Waals surface area contributed by atoms with Gasteiger partial charge in [0.15, 0.2) is 5.82 Å². The van der Waals surface area contributed by atoms with E-state index in [9.17, 15) is 0 Å². The van der Waals surface area contributed by atoms with Gasteiger partial charge in [0.2, 0.25) is 0 Å². The second-order valence-electron chi connectivity index (χ2n) is 2.68. The number of halogens is 2. The maximum atomic E-state index is 5.76. The fourth-order valence-electron chi connectivity index (χ4n) is 1.03. The Morgan fingerprint density at radius 1 is 1.43 bits per heavy atom. The lowest BCUT2D eigenvalue weighted by Gasteiger charge is -2.02. The minimum absolute atomic E-state index is 0.570. The first-order valence-electron chi connectivity index (χ1n) is 3.78. The predicted octanol–water partition coefficient (Wildman–Crippen LogP) is 2.27. The zero-order valence-corrected chi connectivity index (χ0v) is 9.33. The number of nitrogens with two attached hydrogens (primary N) is 1. The highest BCUT2D eigenvalue weighted by molar-refractivity contribution is 9.10. The minimum Gasteiger partial charge on any atom is -0.396 e. The van der Waals surface area contributed by atoms with Crippen molar-refractivity contribution >= 4 is 33.2 Å². The molecule has 0 radical (unpaired) electrons. The van der Waals surface area contributed by atoms with Gasteiger partial charge in [-0.3, -0.25) is 0 Å². The fraction of sp³-hybridized carbons (Fsp3) is 0. The summed E-state index contributed by atoms with van der Waals surface area (Å²) >= 11 is 9.11. The smallest absolute Gasteiger partial charge is 0.167 e. The van der Waals surface area contributed by atoms with Crippen LogP contribution in [0, 0.1) is 0 Å². The molecule has 0 bridgehead atoms. The number of pyridine rings is 1. The van der Waals surface area contributed by atoms with Gasteiger partial charge in [0.1, 0.15) is 0 Å². The van der Waals surface area contributed by atoms with Gasteiger partial charge in [0, 0.05) is 6.20 Å². The van der Waals surface area contributed by atoms with Gasteiger partial charge in [-0.25, -0.2) is 9.67 Å². The summed E-state index contributed by atoms with van der Waals surface area (Å²) in [5.74, 6) is 0.658. The minimum atomic E-state index is 0.570. The van der Waals surface area contributed by atoms with E-state index in [1.54, 1.807) is 29.3 Å². The molecule has 0 unspecified atom stereocenters. The van der Waals surface area contributed by atoms with Gasteiger partial charge in [-0.1, -0.05) is 11.6 Å². The predicted molar refractivity (Wildman–Crippen MR) is 58.5 cm³/mol. The highest BCUT2D eigenvalue weighted by Gasteiger charge is 2.05. The normalized spacial score (nSPS) is 10.4. The van der Waals surface area contributed by atoms with Crippen molar-refractivity contribution < 1.29 is 0 Å². The molecule has 0 aliphatic carbocycles. The highest BCUT2D eigenvalue weighted by atomic mass is 79.9. The molecule has 2 aromatic heterocycles. The van der Waals surface area contributed by atoms with Crippen molar-refractivity contribution in [1.29, 1.82) is 0 Å². The van der Waals surface area contributed by atoms with E-state index < -0.39 is 0 Å². The molecule has 0 aromatic carbocycles. The summed E-state index contributed by atoms with van der Waals surface area (Å²) in [5, 5.41) is 4.60. The first-order valence-corrected chi connectivity index (χ1v) is 4.95. The zero-order valence-electron chi connectivity index (χ0n) is 6.98. The Kier molecular flexibility index (Phi) is 2.43. The van der Waals surface area contributed by atoms with E-state index in [-0.39, 0.29) is 0 Å². The van der Waals surface area contributed by atoms with Crippen LogP contribution < -0.4 is 5.73 Å². The number of anilines is 1. The van der Waals surface area contributed by atoms with Crippen molar-refractivity contribution in [1.82, 2.24) is 14.8 Å². The lowest BCUT2D eigenvalue weighted by atomic mass is 10.4. The Morgan fingerprint density at radius 3 is 2.79 bits per heavy atom. The summed E-state index contributed by atoms with van der Waals surface area (Å²) in [6, 6.07) is 1.75. The van der Waals surface area contributed by atoms with E-state index in [1.165, 1.54) is 0 Å². The standard InChI is InChI=1S/C8H6BrClN4/c9-7-1-5(10)2-12-8(7)14-4-6(11)3-13-14/h1-4H,11H2. The van der Waals surface area contributed by atoms with E-state index in [0.29, 0.717) is 16.5 Å². The van der Waals surface area contributed by atoms with Gasteiger partial charge in [0.25, 0.3) is 0 Å². The monoisotopic (exact) mass is 272 g/mol. The number of aromatic nitrogens is 3. The van der Waals surface area contributed by atoms with Crippen molar-refractivity contribution in [3.05, 3.63) is 34.2 Å². The van der Waals surface area contributed by atoms with Crippen LogP contribution in [0.2, 0.25) is 5.02 Å². The fourth-order valence-corrected chi connectivity index (χ4v) is 1.85. The van der Waals surface area contributed by atoms with Crippen LogP contribution in [0.3, 0.4) is 0 Å². The number of hydrogen-bond acceptors (Lipinski definition) is 3. The number of rotatable bonds is 1. The van der Waals surface area contributed by atoms with Crippen molar-refractivity contribution in [3.63, 3.8) is 0 Å². The van der Waals surface area contributed by atoms with Gasteiger partial charge in [-0.05, 0) is 22.0 Å². The molecule has 0 fully saturated rings. The summed E-state index contributed by atoms with van der Waals surface area (Å²) in [4.78, 5) is 4.13. The van der Waals surface area contributed by atoms with Crippen molar-refractivity contribution in [3.8, 4) is 5.82 Å². The molecule has 2 heterocycles. The molecule has 0 spiro atoms. The maximum absolute atomic E-state index is 5.76. The van der Waals surface area contributed by atoms with Crippen LogP contribution in [0.25, 0.3) is 5.82 Å². The van der Waals surface area contributed by atoms with Crippen LogP contribution in [0.15, 0.2) is 29.1 Å². The van der Waals surface area contributed by atoms with Crippen LogP contribution in [-0.4, -0.2) is 14.8 Å². The molecule has 0 amide bonds. The molecule has 0 aliphatic heterocycles. The third kappa shape index (κ3) is 1.73. The van der Waals surface area contributed by atoms with E-state index in [1.807, 2.05) is 0 Å². The molecule has 72 valence electrons. The topological polar surface area (TPSA) is 56.7 Å². The molecular formula is C8H6BrClN4.